The molecule has 0 aliphatic carbocycles. The van der Waals surface area contributed by atoms with E-state index in [2.05, 4.69) is 12.2 Å². The van der Waals surface area contributed by atoms with Crippen LogP contribution in [0.5, 0.6) is 5.75 Å². The Hall–Kier alpha value is -1.32. The Bertz CT molecular complexity index is 383. The zero-order valence-electron chi connectivity index (χ0n) is 11.0. The maximum Gasteiger partial charge on any atom is 0.163 e. The number of rotatable bonds is 4. The first-order valence-corrected chi connectivity index (χ1v) is 6.30. The fourth-order valence-corrected chi connectivity index (χ4v) is 2.16. The van der Waals surface area contributed by atoms with Crippen LogP contribution in [0.3, 0.4) is 0 Å². The van der Waals surface area contributed by atoms with Crippen molar-refractivity contribution < 1.29 is 14.2 Å². The van der Waals surface area contributed by atoms with Crippen LogP contribution >= 0.6 is 0 Å². The summed E-state index contributed by atoms with van der Waals surface area (Å²) in [5.74, 6) is 1.22. The Kier molecular flexibility index (Phi) is 4.79. The van der Waals surface area contributed by atoms with Crippen LogP contribution in [-0.2, 0) is 9.47 Å². The lowest BCUT2D eigenvalue weighted by Crippen LogP contribution is -2.29. The fourth-order valence-electron chi connectivity index (χ4n) is 2.16. The lowest BCUT2D eigenvalue weighted by molar-refractivity contribution is -0.166. The van der Waals surface area contributed by atoms with Crippen molar-refractivity contribution in [1.29, 1.82) is 0 Å². The molecule has 2 atom stereocenters. The van der Waals surface area contributed by atoms with Crippen LogP contribution in [-0.4, -0.2) is 27.1 Å². The van der Waals surface area contributed by atoms with Gasteiger partial charge in [0, 0.05) is 19.6 Å². The molecule has 1 aliphatic heterocycles. The SMILES string of the molecule is COc1ccc(/C=C/[C@H]2CCCO[C@@H]2OC)cc1. The average molecular weight is 248 g/mol. The van der Waals surface area contributed by atoms with Crippen molar-refractivity contribution in [2.24, 2.45) is 5.92 Å². The third kappa shape index (κ3) is 3.34. The standard InChI is InChI=1S/C15H20O3/c1-16-14-9-6-12(7-10-14)5-8-13-4-3-11-18-15(13)17-2/h5-10,13,15H,3-4,11H2,1-2H3/b8-5+/t13-,15+/m1/s1. The van der Waals surface area contributed by atoms with Crippen LogP contribution in [0.1, 0.15) is 18.4 Å². The van der Waals surface area contributed by atoms with Gasteiger partial charge in [0.05, 0.1) is 7.11 Å². The monoisotopic (exact) mass is 248 g/mol. The van der Waals surface area contributed by atoms with E-state index in [9.17, 15) is 0 Å². The van der Waals surface area contributed by atoms with Crippen molar-refractivity contribution in [2.75, 3.05) is 20.8 Å². The van der Waals surface area contributed by atoms with E-state index in [0.717, 1.165) is 30.8 Å². The number of hydrogen-bond donors (Lipinski definition) is 0. The molecule has 0 spiro atoms. The van der Waals surface area contributed by atoms with Crippen LogP contribution in [0.25, 0.3) is 6.08 Å². The Morgan fingerprint density at radius 3 is 2.67 bits per heavy atom. The van der Waals surface area contributed by atoms with Crippen molar-refractivity contribution >= 4 is 6.08 Å². The predicted octanol–water partition coefficient (Wildman–Crippen LogP) is 3.11. The lowest BCUT2D eigenvalue weighted by Gasteiger charge is -2.28. The molecule has 1 aliphatic rings. The number of hydrogen-bond acceptors (Lipinski definition) is 3. The van der Waals surface area contributed by atoms with Crippen LogP contribution in [0, 0.1) is 5.92 Å². The van der Waals surface area contributed by atoms with Crippen molar-refractivity contribution in [2.45, 2.75) is 19.1 Å². The maximum absolute atomic E-state index is 5.57. The van der Waals surface area contributed by atoms with Gasteiger partial charge >= 0.3 is 0 Å². The molecule has 0 aromatic heterocycles. The molecule has 1 aromatic rings. The van der Waals surface area contributed by atoms with E-state index in [1.165, 1.54) is 0 Å². The lowest BCUT2D eigenvalue weighted by atomic mass is 9.99. The summed E-state index contributed by atoms with van der Waals surface area (Å²) in [7, 11) is 3.37. The van der Waals surface area contributed by atoms with Gasteiger partial charge in [0.2, 0.25) is 0 Å². The van der Waals surface area contributed by atoms with Gasteiger partial charge in [-0.25, -0.2) is 0 Å². The van der Waals surface area contributed by atoms with Crippen LogP contribution in [0.4, 0.5) is 0 Å². The zero-order chi connectivity index (χ0) is 12.8. The van der Waals surface area contributed by atoms with E-state index in [1.54, 1.807) is 14.2 Å². The second-order valence-electron chi connectivity index (χ2n) is 4.41. The van der Waals surface area contributed by atoms with Gasteiger partial charge in [-0.05, 0) is 30.5 Å². The fraction of sp³-hybridized carbons (Fsp3) is 0.467. The minimum Gasteiger partial charge on any atom is -0.497 e. The minimum atomic E-state index is -0.103. The quantitative estimate of drug-likeness (QED) is 0.819. The Labute approximate surface area is 108 Å². The van der Waals surface area contributed by atoms with Crippen molar-refractivity contribution in [3.63, 3.8) is 0 Å². The van der Waals surface area contributed by atoms with E-state index in [-0.39, 0.29) is 6.29 Å². The van der Waals surface area contributed by atoms with Gasteiger partial charge in [0.1, 0.15) is 5.75 Å². The van der Waals surface area contributed by atoms with E-state index in [0.29, 0.717) is 5.92 Å². The van der Waals surface area contributed by atoms with Crippen molar-refractivity contribution in [3.05, 3.63) is 35.9 Å². The molecule has 0 bridgehead atoms. The summed E-state index contributed by atoms with van der Waals surface area (Å²) in [6, 6.07) is 8.01. The highest BCUT2D eigenvalue weighted by Gasteiger charge is 2.22. The van der Waals surface area contributed by atoms with Crippen LogP contribution in [0.2, 0.25) is 0 Å². The Morgan fingerprint density at radius 1 is 1.22 bits per heavy atom. The van der Waals surface area contributed by atoms with Gasteiger partial charge < -0.3 is 14.2 Å². The molecular formula is C15H20O3. The highest BCUT2D eigenvalue weighted by atomic mass is 16.7. The van der Waals surface area contributed by atoms with Gasteiger partial charge in [-0.1, -0.05) is 24.3 Å². The first kappa shape index (κ1) is 13.1. The van der Waals surface area contributed by atoms with Gasteiger partial charge in [-0.3, -0.25) is 0 Å². The summed E-state index contributed by atoms with van der Waals surface area (Å²) in [6.45, 7) is 0.797. The van der Waals surface area contributed by atoms with Crippen LogP contribution in [0.15, 0.2) is 30.3 Å². The third-order valence-corrected chi connectivity index (χ3v) is 3.20. The molecule has 2 rings (SSSR count). The zero-order valence-corrected chi connectivity index (χ0v) is 11.0. The van der Waals surface area contributed by atoms with Gasteiger partial charge in [0.25, 0.3) is 0 Å². The molecule has 3 nitrogen and oxygen atoms in total. The summed E-state index contributed by atoms with van der Waals surface area (Å²) >= 11 is 0. The van der Waals surface area contributed by atoms with E-state index < -0.39 is 0 Å². The van der Waals surface area contributed by atoms with Gasteiger partial charge in [0.15, 0.2) is 6.29 Å². The Balaban J connectivity index is 1.99. The number of methoxy groups -OCH3 is 2. The topological polar surface area (TPSA) is 27.7 Å². The third-order valence-electron chi connectivity index (χ3n) is 3.20. The molecule has 0 radical (unpaired) electrons. The first-order valence-electron chi connectivity index (χ1n) is 6.30. The molecule has 0 amide bonds. The molecule has 3 heteroatoms. The molecule has 18 heavy (non-hydrogen) atoms. The Morgan fingerprint density at radius 2 is 2.00 bits per heavy atom. The van der Waals surface area contributed by atoms with Gasteiger partial charge in [-0.15, -0.1) is 0 Å². The van der Waals surface area contributed by atoms with Crippen molar-refractivity contribution in [3.8, 4) is 5.75 Å². The first-order chi connectivity index (χ1) is 8.83. The molecule has 0 unspecified atom stereocenters. The molecule has 98 valence electrons. The van der Waals surface area contributed by atoms with Crippen LogP contribution < -0.4 is 4.74 Å². The molecule has 1 saturated heterocycles. The molecule has 1 heterocycles. The molecular weight excluding hydrogens is 228 g/mol. The number of ether oxygens (including phenoxy) is 3. The summed E-state index contributed by atoms with van der Waals surface area (Å²) in [6.07, 6.45) is 6.40. The molecule has 0 saturated carbocycles. The summed E-state index contributed by atoms with van der Waals surface area (Å²) < 4.78 is 16.0. The summed E-state index contributed by atoms with van der Waals surface area (Å²) in [5, 5.41) is 0. The maximum atomic E-state index is 5.57. The highest BCUT2D eigenvalue weighted by molar-refractivity contribution is 5.50. The van der Waals surface area contributed by atoms with E-state index in [1.807, 2.05) is 24.3 Å². The average Bonchev–Trinajstić information content (AvgIpc) is 2.46. The normalized spacial score (nSPS) is 24.3. The van der Waals surface area contributed by atoms with E-state index in [4.69, 9.17) is 14.2 Å². The minimum absolute atomic E-state index is 0.103. The van der Waals surface area contributed by atoms with Gasteiger partial charge in [-0.2, -0.15) is 0 Å². The second kappa shape index (κ2) is 6.57. The highest BCUT2D eigenvalue weighted by Crippen LogP contribution is 2.23. The molecule has 1 aromatic carbocycles. The van der Waals surface area contributed by atoms with Crippen molar-refractivity contribution in [1.82, 2.24) is 0 Å². The summed E-state index contributed by atoms with van der Waals surface area (Å²) in [5.41, 5.74) is 1.16. The smallest absolute Gasteiger partial charge is 0.163 e. The summed E-state index contributed by atoms with van der Waals surface area (Å²) in [4.78, 5) is 0. The number of benzene rings is 1. The largest absolute Gasteiger partial charge is 0.497 e. The molecule has 0 N–H and O–H groups in total. The second-order valence-corrected chi connectivity index (χ2v) is 4.41. The predicted molar refractivity (Wildman–Crippen MR) is 71.5 cm³/mol. The molecule has 1 fully saturated rings. The van der Waals surface area contributed by atoms with E-state index >= 15 is 0 Å².